The Morgan fingerprint density at radius 1 is 0.952 bits per heavy atom. The number of rotatable bonds is 4. The molecule has 0 bridgehead atoms. The first kappa shape index (κ1) is 16.6. The second-order valence-electron chi connectivity index (χ2n) is 5.05. The van der Waals surface area contributed by atoms with Crippen LogP contribution in [0.3, 0.4) is 0 Å². The Bertz CT molecular complexity index is 625. The summed E-state index contributed by atoms with van der Waals surface area (Å²) >= 11 is 6.94. The molecule has 1 unspecified atom stereocenters. The summed E-state index contributed by atoms with van der Waals surface area (Å²) in [4.78, 5) is 4.11. The molecule has 3 aromatic rings. The maximum absolute atomic E-state index is 3.56. The SMILES string of the molecule is CCC(Br)CCCBr.c1ccc2c(c1)[nH]c1ccccc12. The van der Waals surface area contributed by atoms with Crippen LogP contribution in [0.1, 0.15) is 26.2 Å². The maximum atomic E-state index is 3.56. The molecular weight excluding hydrogens is 390 g/mol. The highest BCUT2D eigenvalue weighted by molar-refractivity contribution is 9.09. The van der Waals surface area contributed by atoms with Crippen molar-refractivity contribution in [1.82, 2.24) is 4.98 Å². The van der Waals surface area contributed by atoms with Gasteiger partial charge in [0, 0.05) is 32.0 Å². The number of benzene rings is 2. The molecule has 0 amide bonds. The van der Waals surface area contributed by atoms with Gasteiger partial charge < -0.3 is 4.98 Å². The van der Waals surface area contributed by atoms with Gasteiger partial charge in [-0.25, -0.2) is 0 Å². The lowest BCUT2D eigenvalue weighted by Crippen LogP contribution is -1.94. The van der Waals surface area contributed by atoms with Crippen LogP contribution in [0.5, 0.6) is 0 Å². The molecule has 0 radical (unpaired) electrons. The van der Waals surface area contributed by atoms with Crippen LogP contribution in [-0.4, -0.2) is 15.1 Å². The molecule has 1 N–H and O–H groups in total. The Balaban J connectivity index is 0.000000177. The second-order valence-corrected chi connectivity index (χ2v) is 7.14. The molecule has 1 nitrogen and oxygen atoms in total. The Morgan fingerprint density at radius 2 is 1.48 bits per heavy atom. The van der Waals surface area contributed by atoms with E-state index in [1.807, 2.05) is 0 Å². The molecule has 1 atom stereocenters. The standard InChI is InChI=1S/C12H9N.C6H12Br2/c1-3-7-11-9(5-1)10-6-2-4-8-12(10)13-11;1-2-6(8)4-3-5-7/h1-8,13H;6H,2-5H2,1H3. The van der Waals surface area contributed by atoms with E-state index in [0.717, 1.165) is 10.2 Å². The molecule has 1 heterocycles. The van der Waals surface area contributed by atoms with Gasteiger partial charge in [0.1, 0.15) is 0 Å². The summed E-state index contributed by atoms with van der Waals surface area (Å²) in [7, 11) is 0. The lowest BCUT2D eigenvalue weighted by atomic mass is 10.2. The predicted molar refractivity (Wildman–Crippen MR) is 102 cm³/mol. The van der Waals surface area contributed by atoms with Crippen LogP contribution in [0.4, 0.5) is 0 Å². The van der Waals surface area contributed by atoms with E-state index < -0.39 is 0 Å². The van der Waals surface area contributed by atoms with E-state index in [1.165, 1.54) is 41.1 Å². The normalized spacial score (nSPS) is 12.1. The van der Waals surface area contributed by atoms with Crippen molar-refractivity contribution in [1.29, 1.82) is 0 Å². The Hall–Kier alpha value is -0.800. The number of alkyl halides is 2. The van der Waals surface area contributed by atoms with E-state index in [1.54, 1.807) is 0 Å². The minimum Gasteiger partial charge on any atom is -0.355 e. The van der Waals surface area contributed by atoms with Crippen molar-refractivity contribution in [3.63, 3.8) is 0 Å². The fourth-order valence-corrected chi connectivity index (χ4v) is 2.95. The molecular formula is C18H21Br2N. The van der Waals surface area contributed by atoms with Gasteiger partial charge in [-0.2, -0.15) is 0 Å². The number of hydrogen-bond donors (Lipinski definition) is 1. The largest absolute Gasteiger partial charge is 0.355 e. The quantitative estimate of drug-likeness (QED) is 0.463. The minimum atomic E-state index is 0.736. The molecule has 2 aromatic carbocycles. The van der Waals surface area contributed by atoms with Crippen LogP contribution in [0.25, 0.3) is 21.8 Å². The highest BCUT2D eigenvalue weighted by Gasteiger charge is 2.00. The lowest BCUT2D eigenvalue weighted by Gasteiger charge is -2.01. The molecule has 1 aromatic heterocycles. The van der Waals surface area contributed by atoms with Crippen molar-refractivity contribution < 1.29 is 0 Å². The zero-order valence-corrected chi connectivity index (χ0v) is 15.5. The van der Waals surface area contributed by atoms with Crippen LogP contribution in [0.15, 0.2) is 48.5 Å². The fraction of sp³-hybridized carbons (Fsp3) is 0.333. The maximum Gasteiger partial charge on any atom is 0.0464 e. The smallest absolute Gasteiger partial charge is 0.0464 e. The highest BCUT2D eigenvalue weighted by atomic mass is 79.9. The van der Waals surface area contributed by atoms with E-state index in [-0.39, 0.29) is 0 Å². The Labute approximate surface area is 143 Å². The summed E-state index contributed by atoms with van der Waals surface area (Å²) in [6, 6.07) is 16.8. The fourth-order valence-electron chi connectivity index (χ4n) is 2.30. The number of H-pyrrole nitrogens is 1. The molecule has 0 fully saturated rings. The van der Waals surface area contributed by atoms with Crippen LogP contribution in [-0.2, 0) is 0 Å². The number of nitrogens with one attached hydrogen (secondary N) is 1. The van der Waals surface area contributed by atoms with Crippen molar-refractivity contribution in [2.75, 3.05) is 5.33 Å². The number of halogens is 2. The Morgan fingerprint density at radius 3 is 1.95 bits per heavy atom. The van der Waals surface area contributed by atoms with Crippen LogP contribution in [0.2, 0.25) is 0 Å². The van der Waals surface area contributed by atoms with Crippen molar-refractivity contribution in [3.05, 3.63) is 48.5 Å². The first-order valence-electron chi connectivity index (χ1n) is 7.41. The number of para-hydroxylation sites is 2. The Kier molecular flexibility index (Phi) is 6.78. The van der Waals surface area contributed by atoms with Gasteiger partial charge in [-0.1, -0.05) is 75.2 Å². The summed E-state index contributed by atoms with van der Waals surface area (Å²) in [5.74, 6) is 0. The van der Waals surface area contributed by atoms with Crippen LogP contribution >= 0.6 is 31.9 Å². The average Bonchev–Trinajstić information content (AvgIpc) is 2.92. The molecule has 0 aliphatic carbocycles. The number of hydrogen-bond acceptors (Lipinski definition) is 0. The van der Waals surface area contributed by atoms with Crippen molar-refractivity contribution in [3.8, 4) is 0 Å². The minimum absolute atomic E-state index is 0.736. The molecule has 0 spiro atoms. The molecule has 0 aliphatic rings. The average molecular weight is 411 g/mol. The van der Waals surface area contributed by atoms with Gasteiger partial charge in [-0.15, -0.1) is 0 Å². The van der Waals surface area contributed by atoms with E-state index in [4.69, 9.17) is 0 Å². The van der Waals surface area contributed by atoms with Crippen molar-refractivity contribution in [2.24, 2.45) is 0 Å². The van der Waals surface area contributed by atoms with Gasteiger partial charge >= 0.3 is 0 Å². The van der Waals surface area contributed by atoms with Crippen molar-refractivity contribution in [2.45, 2.75) is 31.0 Å². The van der Waals surface area contributed by atoms with Gasteiger partial charge in [0.15, 0.2) is 0 Å². The topological polar surface area (TPSA) is 15.8 Å². The summed E-state index contributed by atoms with van der Waals surface area (Å²) in [6.07, 6.45) is 3.82. The number of aromatic amines is 1. The molecule has 112 valence electrons. The van der Waals surface area contributed by atoms with Gasteiger partial charge in [0.25, 0.3) is 0 Å². The van der Waals surface area contributed by atoms with Crippen LogP contribution < -0.4 is 0 Å². The monoisotopic (exact) mass is 409 g/mol. The predicted octanol–water partition coefficient (Wildman–Crippen LogP) is 6.66. The van der Waals surface area contributed by atoms with E-state index in [9.17, 15) is 0 Å². The van der Waals surface area contributed by atoms with Crippen molar-refractivity contribution >= 4 is 53.7 Å². The zero-order chi connectivity index (χ0) is 15.1. The first-order chi connectivity index (χ1) is 10.3. The van der Waals surface area contributed by atoms with E-state index in [2.05, 4.69) is 92.3 Å². The molecule has 0 aliphatic heterocycles. The molecule has 3 rings (SSSR count). The van der Waals surface area contributed by atoms with E-state index in [0.29, 0.717) is 0 Å². The summed E-state index contributed by atoms with van der Waals surface area (Å²) in [5, 5.41) is 3.74. The lowest BCUT2D eigenvalue weighted by molar-refractivity contribution is 0.737. The third kappa shape index (κ3) is 4.58. The van der Waals surface area contributed by atoms with Gasteiger partial charge in [0.2, 0.25) is 0 Å². The van der Waals surface area contributed by atoms with Gasteiger partial charge in [-0.05, 0) is 31.4 Å². The summed E-state index contributed by atoms with van der Waals surface area (Å²) < 4.78 is 0. The first-order valence-corrected chi connectivity index (χ1v) is 9.45. The van der Waals surface area contributed by atoms with E-state index >= 15 is 0 Å². The van der Waals surface area contributed by atoms with Gasteiger partial charge in [-0.3, -0.25) is 0 Å². The number of fused-ring (bicyclic) bond motifs is 3. The third-order valence-electron chi connectivity index (χ3n) is 3.51. The van der Waals surface area contributed by atoms with Crippen LogP contribution in [0, 0.1) is 0 Å². The summed E-state index contributed by atoms with van der Waals surface area (Å²) in [5.41, 5.74) is 2.42. The molecule has 21 heavy (non-hydrogen) atoms. The molecule has 3 heteroatoms. The molecule has 0 saturated heterocycles. The molecule has 0 saturated carbocycles. The highest BCUT2D eigenvalue weighted by Crippen LogP contribution is 2.24. The zero-order valence-electron chi connectivity index (χ0n) is 12.3. The third-order valence-corrected chi connectivity index (χ3v) is 5.17. The summed E-state index contributed by atoms with van der Waals surface area (Å²) in [6.45, 7) is 2.20. The van der Waals surface area contributed by atoms with Gasteiger partial charge in [0.05, 0.1) is 0 Å². The second kappa shape index (κ2) is 8.60. The number of aromatic nitrogens is 1.